The van der Waals surface area contributed by atoms with Crippen LogP contribution < -0.4 is 10.2 Å². The maximum atomic E-state index is 12.5. The molecule has 30 heavy (non-hydrogen) atoms. The highest BCUT2D eigenvalue weighted by Crippen LogP contribution is 2.16. The Morgan fingerprint density at radius 2 is 1.70 bits per heavy atom. The zero-order valence-corrected chi connectivity index (χ0v) is 18.1. The maximum absolute atomic E-state index is 12.5. The molecule has 2 amide bonds. The molecule has 9 nitrogen and oxygen atoms in total. The van der Waals surface area contributed by atoms with Crippen LogP contribution in [0.25, 0.3) is 0 Å². The van der Waals surface area contributed by atoms with Crippen LogP contribution in [0.1, 0.15) is 38.1 Å². The number of hydrogen-bond acceptors (Lipinski definition) is 7. The van der Waals surface area contributed by atoms with E-state index in [4.69, 9.17) is 9.47 Å². The Labute approximate surface area is 176 Å². The first-order chi connectivity index (χ1) is 13.9. The van der Waals surface area contributed by atoms with Gasteiger partial charge in [-0.15, -0.1) is 0 Å². The number of alkyl carbamates (subject to hydrolysis) is 1. The van der Waals surface area contributed by atoms with Gasteiger partial charge in [-0.05, 0) is 52.0 Å². The lowest BCUT2D eigenvalue weighted by atomic mass is 10.2. The van der Waals surface area contributed by atoms with Crippen molar-refractivity contribution in [2.24, 2.45) is 0 Å². The molecule has 0 saturated carbocycles. The Balaban J connectivity index is 2.59. The Kier molecular flexibility index (Phi) is 8.58. The predicted octanol–water partition coefficient (Wildman–Crippen LogP) is 2.45. The molecule has 0 aliphatic carbocycles. The molecule has 9 heteroatoms. The van der Waals surface area contributed by atoms with E-state index in [0.29, 0.717) is 11.3 Å². The SMILES string of the molecule is C=C(COC(=O)[C@H](C)NC(=O)OC(C)(C)C)C(=O)N(C)c1ccc(C(=O)OC)cc1. The van der Waals surface area contributed by atoms with E-state index in [2.05, 4.69) is 16.6 Å². The van der Waals surface area contributed by atoms with Gasteiger partial charge < -0.3 is 24.4 Å². The van der Waals surface area contributed by atoms with E-state index in [9.17, 15) is 19.2 Å². The van der Waals surface area contributed by atoms with E-state index in [0.717, 1.165) is 0 Å². The third-order valence-corrected chi connectivity index (χ3v) is 3.76. The van der Waals surface area contributed by atoms with Gasteiger partial charge in [-0.3, -0.25) is 4.79 Å². The lowest BCUT2D eigenvalue weighted by Crippen LogP contribution is -2.42. The monoisotopic (exact) mass is 420 g/mol. The molecule has 1 aromatic carbocycles. The predicted molar refractivity (Wildman–Crippen MR) is 110 cm³/mol. The number of carbonyl (C=O) groups is 4. The standard InChI is InChI=1S/C21H28N2O7/c1-13(12-29-18(25)14(2)22-20(27)30-21(3,4)5)17(24)23(6)16-10-8-15(9-11-16)19(26)28-7/h8-11,14H,1,12H2,2-7H3,(H,22,27)/t14-/m0/s1. The number of nitrogens with zero attached hydrogens (tertiary/aromatic N) is 1. The van der Waals surface area contributed by atoms with Gasteiger partial charge in [-0.25, -0.2) is 14.4 Å². The van der Waals surface area contributed by atoms with Crippen molar-refractivity contribution in [1.29, 1.82) is 0 Å². The summed E-state index contributed by atoms with van der Waals surface area (Å²) in [5.74, 6) is -1.69. The second-order valence-corrected chi connectivity index (χ2v) is 7.48. The number of methoxy groups -OCH3 is 1. The number of likely N-dealkylation sites (N-methyl/N-ethyl adjacent to an activating group) is 1. The Morgan fingerprint density at radius 1 is 1.13 bits per heavy atom. The molecule has 0 unspecified atom stereocenters. The topological polar surface area (TPSA) is 111 Å². The van der Waals surface area contributed by atoms with Crippen molar-refractivity contribution in [2.75, 3.05) is 25.7 Å². The van der Waals surface area contributed by atoms with E-state index in [1.165, 1.54) is 38.1 Å². The summed E-state index contributed by atoms with van der Waals surface area (Å²) in [4.78, 5) is 49.0. The number of amides is 2. The fraction of sp³-hybridized carbons (Fsp3) is 0.429. The Hall–Kier alpha value is -3.36. The van der Waals surface area contributed by atoms with Gasteiger partial charge in [0.1, 0.15) is 18.2 Å². The van der Waals surface area contributed by atoms with E-state index in [1.54, 1.807) is 32.9 Å². The van der Waals surface area contributed by atoms with Crippen LogP contribution in [0.4, 0.5) is 10.5 Å². The molecule has 0 spiro atoms. The number of nitrogens with one attached hydrogen (secondary N) is 1. The van der Waals surface area contributed by atoms with Crippen molar-refractivity contribution in [1.82, 2.24) is 5.32 Å². The first kappa shape index (κ1) is 24.7. The van der Waals surface area contributed by atoms with Crippen LogP contribution in [0.3, 0.4) is 0 Å². The van der Waals surface area contributed by atoms with E-state index < -0.39 is 35.6 Å². The van der Waals surface area contributed by atoms with Crippen molar-refractivity contribution in [3.05, 3.63) is 42.0 Å². The zero-order chi connectivity index (χ0) is 23.1. The first-order valence-electron chi connectivity index (χ1n) is 9.16. The van der Waals surface area contributed by atoms with Crippen molar-refractivity contribution in [3.63, 3.8) is 0 Å². The minimum Gasteiger partial charge on any atom is -0.465 e. The summed E-state index contributed by atoms with van der Waals surface area (Å²) in [6.45, 7) is 9.84. The van der Waals surface area contributed by atoms with Crippen LogP contribution >= 0.6 is 0 Å². The van der Waals surface area contributed by atoms with Crippen LogP contribution in [0.15, 0.2) is 36.4 Å². The average molecular weight is 420 g/mol. The smallest absolute Gasteiger partial charge is 0.408 e. The van der Waals surface area contributed by atoms with Crippen LogP contribution in [-0.4, -0.2) is 56.3 Å². The summed E-state index contributed by atoms with van der Waals surface area (Å²) in [5.41, 5.74) is 0.197. The second kappa shape index (κ2) is 10.4. The molecule has 0 aromatic heterocycles. The molecule has 0 saturated heterocycles. The minimum absolute atomic E-state index is 0.0346. The van der Waals surface area contributed by atoms with Crippen molar-refractivity contribution in [3.8, 4) is 0 Å². The van der Waals surface area contributed by atoms with Crippen molar-refractivity contribution >= 4 is 29.6 Å². The third kappa shape index (κ3) is 7.57. The minimum atomic E-state index is -0.966. The van der Waals surface area contributed by atoms with Gasteiger partial charge in [0.25, 0.3) is 5.91 Å². The van der Waals surface area contributed by atoms with E-state index >= 15 is 0 Å². The van der Waals surface area contributed by atoms with Crippen LogP contribution in [-0.2, 0) is 23.8 Å². The average Bonchev–Trinajstić information content (AvgIpc) is 2.68. The summed E-state index contributed by atoms with van der Waals surface area (Å²) >= 11 is 0. The number of anilines is 1. The largest absolute Gasteiger partial charge is 0.465 e. The van der Waals surface area contributed by atoms with Gasteiger partial charge in [-0.2, -0.15) is 0 Å². The zero-order valence-electron chi connectivity index (χ0n) is 18.1. The molecule has 1 atom stereocenters. The van der Waals surface area contributed by atoms with E-state index in [1.807, 2.05) is 0 Å². The second-order valence-electron chi connectivity index (χ2n) is 7.48. The van der Waals surface area contributed by atoms with Crippen molar-refractivity contribution < 1.29 is 33.4 Å². The Morgan fingerprint density at radius 3 is 2.20 bits per heavy atom. The lowest BCUT2D eigenvalue weighted by Gasteiger charge is -2.22. The first-order valence-corrected chi connectivity index (χ1v) is 9.16. The van der Waals surface area contributed by atoms with Crippen LogP contribution in [0, 0.1) is 0 Å². The molecular formula is C21H28N2O7. The number of ether oxygens (including phenoxy) is 3. The third-order valence-electron chi connectivity index (χ3n) is 3.76. The molecule has 164 valence electrons. The Bertz CT molecular complexity index is 810. The fourth-order valence-corrected chi connectivity index (χ4v) is 2.18. The van der Waals surface area contributed by atoms with Gasteiger partial charge in [0, 0.05) is 18.3 Å². The number of esters is 2. The number of benzene rings is 1. The van der Waals surface area contributed by atoms with Crippen LogP contribution in [0.5, 0.6) is 0 Å². The van der Waals surface area contributed by atoms with Gasteiger partial charge in [0.05, 0.1) is 12.7 Å². The quantitative estimate of drug-likeness (QED) is 0.410. The molecule has 1 rings (SSSR count). The molecule has 0 aliphatic heterocycles. The van der Waals surface area contributed by atoms with Crippen molar-refractivity contribution in [2.45, 2.75) is 39.3 Å². The summed E-state index contributed by atoms with van der Waals surface area (Å²) in [5, 5.41) is 2.36. The summed E-state index contributed by atoms with van der Waals surface area (Å²) < 4.78 is 14.7. The highest BCUT2D eigenvalue weighted by molar-refractivity contribution is 6.05. The molecule has 0 aliphatic rings. The molecule has 1 N–H and O–H groups in total. The molecule has 0 radical (unpaired) electrons. The molecule has 0 heterocycles. The highest BCUT2D eigenvalue weighted by atomic mass is 16.6. The van der Waals surface area contributed by atoms with Gasteiger partial charge in [-0.1, -0.05) is 6.58 Å². The molecule has 1 aromatic rings. The molecule has 0 fully saturated rings. The number of carbonyl (C=O) groups excluding carboxylic acids is 4. The normalized spacial score (nSPS) is 11.7. The molecule has 0 bridgehead atoms. The number of rotatable bonds is 7. The highest BCUT2D eigenvalue weighted by Gasteiger charge is 2.23. The fourth-order valence-electron chi connectivity index (χ4n) is 2.18. The summed E-state index contributed by atoms with van der Waals surface area (Å²) in [6.07, 6.45) is -0.753. The number of hydrogen-bond donors (Lipinski definition) is 1. The maximum Gasteiger partial charge on any atom is 0.408 e. The van der Waals surface area contributed by atoms with E-state index in [-0.39, 0.29) is 12.2 Å². The van der Waals surface area contributed by atoms with Crippen LogP contribution in [0.2, 0.25) is 0 Å². The van der Waals surface area contributed by atoms with Gasteiger partial charge >= 0.3 is 18.0 Å². The van der Waals surface area contributed by atoms with Gasteiger partial charge in [0.15, 0.2) is 0 Å². The summed E-state index contributed by atoms with van der Waals surface area (Å²) in [6, 6.07) is 5.24. The van der Waals surface area contributed by atoms with Gasteiger partial charge in [0.2, 0.25) is 0 Å². The molecular weight excluding hydrogens is 392 g/mol. The lowest BCUT2D eigenvalue weighted by molar-refractivity contribution is -0.144. The summed E-state index contributed by atoms with van der Waals surface area (Å²) in [7, 11) is 2.80.